The van der Waals surface area contributed by atoms with Gasteiger partial charge in [-0.05, 0) is 6.92 Å². The van der Waals surface area contributed by atoms with Gasteiger partial charge in [-0.2, -0.15) is 13.2 Å². The molecular weight excluding hydrogens is 261 g/mol. The Hall–Kier alpha value is -1.86. The molecule has 0 aliphatic carbocycles. The number of rotatable bonds is 4. The van der Waals surface area contributed by atoms with E-state index in [1.54, 1.807) is 32.0 Å². The van der Waals surface area contributed by atoms with Crippen LogP contribution >= 0.6 is 0 Å². The number of anilines is 1. The fraction of sp³-hybridized carbons (Fsp3) is 0.545. The molecule has 19 heavy (non-hydrogen) atoms. The number of halogens is 3. The van der Waals surface area contributed by atoms with Gasteiger partial charge in [0.1, 0.15) is 18.1 Å². The average molecular weight is 276 g/mol. The third-order valence-corrected chi connectivity index (χ3v) is 2.15. The first-order valence-corrected chi connectivity index (χ1v) is 5.53. The third-order valence-electron chi connectivity index (χ3n) is 2.15. The molecule has 8 heteroatoms. The van der Waals surface area contributed by atoms with Crippen LogP contribution in [0.3, 0.4) is 0 Å². The van der Waals surface area contributed by atoms with Crippen LogP contribution in [-0.2, 0) is 11.3 Å². The molecule has 0 unspecified atom stereocenters. The summed E-state index contributed by atoms with van der Waals surface area (Å²) in [5, 5.41) is 2.15. The van der Waals surface area contributed by atoms with Gasteiger partial charge in [-0.25, -0.2) is 9.97 Å². The van der Waals surface area contributed by atoms with Gasteiger partial charge in [0.05, 0.1) is 6.54 Å². The number of hydrogen-bond acceptors (Lipinski definition) is 4. The van der Waals surface area contributed by atoms with E-state index in [0.29, 0.717) is 11.5 Å². The van der Waals surface area contributed by atoms with Gasteiger partial charge in [0.2, 0.25) is 5.91 Å². The monoisotopic (exact) mass is 276 g/mol. The zero-order valence-corrected chi connectivity index (χ0v) is 10.9. The van der Waals surface area contributed by atoms with Crippen molar-refractivity contribution in [1.82, 2.24) is 15.3 Å². The highest BCUT2D eigenvalue weighted by molar-refractivity contribution is 5.76. The Morgan fingerprint density at radius 1 is 1.37 bits per heavy atom. The lowest BCUT2D eigenvalue weighted by Crippen LogP contribution is -2.29. The molecule has 0 aliphatic rings. The van der Waals surface area contributed by atoms with Gasteiger partial charge < -0.3 is 10.2 Å². The van der Waals surface area contributed by atoms with E-state index in [0.717, 1.165) is 0 Å². The summed E-state index contributed by atoms with van der Waals surface area (Å²) in [4.78, 5) is 21.0. The van der Waals surface area contributed by atoms with Crippen LogP contribution in [0.1, 0.15) is 17.9 Å². The third kappa shape index (κ3) is 5.54. The Morgan fingerprint density at radius 2 is 2.00 bits per heavy atom. The molecule has 0 spiro atoms. The van der Waals surface area contributed by atoms with Gasteiger partial charge in [-0.15, -0.1) is 0 Å². The summed E-state index contributed by atoms with van der Waals surface area (Å²) in [5.74, 6) is -0.184. The molecule has 1 N–H and O–H groups in total. The van der Waals surface area contributed by atoms with E-state index >= 15 is 0 Å². The fourth-order valence-electron chi connectivity index (χ4n) is 1.34. The van der Waals surface area contributed by atoms with Gasteiger partial charge in [-0.1, -0.05) is 0 Å². The lowest BCUT2D eigenvalue weighted by Gasteiger charge is -2.13. The van der Waals surface area contributed by atoms with Crippen molar-refractivity contribution in [3.63, 3.8) is 0 Å². The second-order valence-corrected chi connectivity index (χ2v) is 4.25. The minimum absolute atomic E-state index is 0.128. The minimum Gasteiger partial charge on any atom is -0.363 e. The molecule has 0 bridgehead atoms. The summed E-state index contributed by atoms with van der Waals surface area (Å²) >= 11 is 0. The highest BCUT2D eigenvalue weighted by atomic mass is 19.4. The number of carbonyl (C=O) groups excluding carboxylic acids is 1. The molecule has 1 aromatic heterocycles. The van der Waals surface area contributed by atoms with Gasteiger partial charge in [0.15, 0.2) is 0 Å². The highest BCUT2D eigenvalue weighted by Crippen LogP contribution is 2.19. The first-order chi connectivity index (χ1) is 8.67. The molecule has 106 valence electrons. The maximum absolute atomic E-state index is 12.0. The van der Waals surface area contributed by atoms with Crippen LogP contribution in [0.2, 0.25) is 0 Å². The zero-order valence-electron chi connectivity index (χ0n) is 10.9. The lowest BCUT2D eigenvalue weighted by molar-refractivity contribution is -0.153. The van der Waals surface area contributed by atoms with Gasteiger partial charge in [0.25, 0.3) is 0 Å². The molecule has 0 radical (unpaired) electrons. The van der Waals surface area contributed by atoms with E-state index in [9.17, 15) is 18.0 Å². The number of nitrogens with zero attached hydrogens (tertiary/aromatic N) is 3. The molecule has 0 saturated heterocycles. The molecule has 0 aliphatic heterocycles. The van der Waals surface area contributed by atoms with Gasteiger partial charge in [-0.3, -0.25) is 4.79 Å². The maximum Gasteiger partial charge on any atom is 0.397 e. The second-order valence-electron chi connectivity index (χ2n) is 4.25. The lowest BCUT2D eigenvalue weighted by atomic mass is 10.3. The van der Waals surface area contributed by atoms with Crippen LogP contribution in [0.4, 0.5) is 19.0 Å². The van der Waals surface area contributed by atoms with E-state index in [1.807, 2.05) is 0 Å². The minimum atomic E-state index is -4.51. The van der Waals surface area contributed by atoms with Crippen molar-refractivity contribution in [3.05, 3.63) is 17.6 Å². The van der Waals surface area contributed by atoms with Crippen LogP contribution in [0.15, 0.2) is 6.07 Å². The van der Waals surface area contributed by atoms with E-state index in [2.05, 4.69) is 15.3 Å². The summed E-state index contributed by atoms with van der Waals surface area (Å²) in [6.45, 7) is 1.62. The fourth-order valence-corrected chi connectivity index (χ4v) is 1.34. The summed E-state index contributed by atoms with van der Waals surface area (Å²) in [6, 6.07) is 1.74. The van der Waals surface area contributed by atoms with Crippen LogP contribution < -0.4 is 10.2 Å². The Kier molecular flexibility index (Phi) is 4.68. The Morgan fingerprint density at radius 3 is 2.53 bits per heavy atom. The van der Waals surface area contributed by atoms with Crippen LogP contribution in [-0.4, -0.2) is 36.1 Å². The first kappa shape index (κ1) is 15.2. The quantitative estimate of drug-likeness (QED) is 0.903. The maximum atomic E-state index is 12.0. The van der Waals surface area contributed by atoms with E-state index < -0.39 is 18.5 Å². The van der Waals surface area contributed by atoms with Crippen LogP contribution in [0.25, 0.3) is 0 Å². The number of nitrogens with one attached hydrogen (secondary N) is 1. The smallest absolute Gasteiger partial charge is 0.363 e. The summed E-state index contributed by atoms with van der Waals surface area (Å²) in [6.07, 6.45) is -6.01. The standard InChI is InChI=1S/C11H15F3N4O/c1-7-4-9(18(2)3)17-8(16-7)6-15-10(19)5-11(12,13)14/h4H,5-6H2,1-3H3,(H,15,19). The van der Waals surface area contributed by atoms with E-state index in [4.69, 9.17) is 0 Å². The van der Waals surface area contributed by atoms with Crippen molar-refractivity contribution in [1.29, 1.82) is 0 Å². The zero-order chi connectivity index (χ0) is 14.6. The molecule has 1 heterocycles. The highest BCUT2D eigenvalue weighted by Gasteiger charge is 2.31. The molecule has 1 aromatic rings. The Bertz CT molecular complexity index is 460. The topological polar surface area (TPSA) is 58.1 Å². The van der Waals surface area contributed by atoms with E-state index in [-0.39, 0.29) is 12.4 Å². The van der Waals surface area contributed by atoms with Crippen molar-refractivity contribution in [2.75, 3.05) is 19.0 Å². The van der Waals surface area contributed by atoms with Crippen molar-refractivity contribution in [2.24, 2.45) is 0 Å². The Balaban J connectivity index is 2.65. The largest absolute Gasteiger partial charge is 0.397 e. The molecule has 1 amide bonds. The van der Waals surface area contributed by atoms with Crippen molar-refractivity contribution >= 4 is 11.7 Å². The number of hydrogen-bond donors (Lipinski definition) is 1. The van der Waals surface area contributed by atoms with E-state index in [1.165, 1.54) is 0 Å². The van der Waals surface area contributed by atoms with Crippen LogP contribution in [0, 0.1) is 6.92 Å². The van der Waals surface area contributed by atoms with Crippen LogP contribution in [0.5, 0.6) is 0 Å². The average Bonchev–Trinajstić information content (AvgIpc) is 2.23. The predicted molar refractivity (Wildman–Crippen MR) is 63.6 cm³/mol. The molecule has 0 fully saturated rings. The van der Waals surface area contributed by atoms with Crippen molar-refractivity contribution in [2.45, 2.75) is 26.1 Å². The molecule has 5 nitrogen and oxygen atoms in total. The number of amides is 1. The molecule has 0 saturated carbocycles. The molecule has 1 rings (SSSR count). The van der Waals surface area contributed by atoms with Gasteiger partial charge in [0, 0.05) is 25.9 Å². The van der Waals surface area contributed by atoms with Crippen molar-refractivity contribution < 1.29 is 18.0 Å². The summed E-state index contributed by atoms with van der Waals surface area (Å²) < 4.78 is 35.9. The van der Waals surface area contributed by atoms with Gasteiger partial charge >= 0.3 is 6.18 Å². The molecular formula is C11H15F3N4O. The first-order valence-electron chi connectivity index (χ1n) is 5.53. The normalized spacial score (nSPS) is 11.3. The van der Waals surface area contributed by atoms with Crippen molar-refractivity contribution in [3.8, 4) is 0 Å². The molecule has 0 atom stereocenters. The number of aryl methyl sites for hydroxylation is 1. The predicted octanol–water partition coefficient (Wildman–Crippen LogP) is 1.42. The Labute approximate surface area is 108 Å². The molecule has 0 aromatic carbocycles. The number of aromatic nitrogens is 2. The summed E-state index contributed by atoms with van der Waals surface area (Å²) in [7, 11) is 3.57. The second kappa shape index (κ2) is 5.85. The SMILES string of the molecule is Cc1cc(N(C)C)nc(CNC(=O)CC(F)(F)F)n1. The summed E-state index contributed by atoms with van der Waals surface area (Å²) in [5.41, 5.74) is 0.679. The number of alkyl halides is 3. The number of carbonyl (C=O) groups is 1.